The van der Waals surface area contributed by atoms with Crippen molar-refractivity contribution in [3.8, 4) is 11.3 Å². The zero-order valence-electron chi connectivity index (χ0n) is 10.4. The molecule has 3 nitrogen and oxygen atoms in total. The van der Waals surface area contributed by atoms with Gasteiger partial charge in [-0.05, 0) is 30.2 Å². The first kappa shape index (κ1) is 11.7. The van der Waals surface area contributed by atoms with Gasteiger partial charge in [0, 0.05) is 28.9 Å². The van der Waals surface area contributed by atoms with Gasteiger partial charge in [-0.2, -0.15) is 16.9 Å². The Labute approximate surface area is 111 Å². The summed E-state index contributed by atoms with van der Waals surface area (Å²) in [6, 6.07) is 11.1. The maximum absolute atomic E-state index is 3.97. The van der Waals surface area contributed by atoms with Crippen LogP contribution in [0.5, 0.6) is 0 Å². The molecule has 18 heavy (non-hydrogen) atoms. The van der Waals surface area contributed by atoms with E-state index in [1.54, 1.807) is 6.20 Å². The highest BCUT2D eigenvalue weighted by Gasteiger charge is 2.21. The summed E-state index contributed by atoms with van der Waals surface area (Å²) in [6.45, 7) is 2.30. The summed E-state index contributed by atoms with van der Waals surface area (Å²) in [5.74, 6) is 1.21. The van der Waals surface area contributed by atoms with Gasteiger partial charge in [0.05, 0.1) is 5.69 Å². The van der Waals surface area contributed by atoms with Crippen molar-refractivity contribution in [2.24, 2.45) is 0 Å². The van der Waals surface area contributed by atoms with E-state index in [0.29, 0.717) is 6.04 Å². The van der Waals surface area contributed by atoms with Crippen LogP contribution in [0.1, 0.15) is 13.3 Å². The van der Waals surface area contributed by atoms with Gasteiger partial charge in [0.2, 0.25) is 0 Å². The number of hydrogen-bond acceptors (Lipinski definition) is 3. The van der Waals surface area contributed by atoms with Crippen LogP contribution >= 0.6 is 11.8 Å². The molecule has 94 valence electrons. The Morgan fingerprint density at radius 3 is 2.72 bits per heavy atom. The lowest BCUT2D eigenvalue weighted by Gasteiger charge is -2.13. The molecule has 0 aliphatic carbocycles. The smallest absolute Gasteiger partial charge is 0.0650 e. The Morgan fingerprint density at radius 2 is 2.11 bits per heavy atom. The Balaban J connectivity index is 1.68. The van der Waals surface area contributed by atoms with Crippen molar-refractivity contribution in [2.75, 3.05) is 11.1 Å². The first-order valence-corrected chi connectivity index (χ1v) is 7.34. The largest absolute Gasteiger partial charge is 0.381 e. The zero-order valence-corrected chi connectivity index (χ0v) is 11.2. The number of aromatic amines is 1. The summed E-state index contributed by atoms with van der Waals surface area (Å²) in [5, 5.41) is 11.3. The third kappa shape index (κ3) is 2.53. The van der Waals surface area contributed by atoms with Crippen molar-refractivity contribution in [3.63, 3.8) is 0 Å². The van der Waals surface area contributed by atoms with Gasteiger partial charge in [0.1, 0.15) is 0 Å². The SMILES string of the molecule is CC1CC(Nc2ccc(-c3ccn[nH]3)cc2)CS1. The van der Waals surface area contributed by atoms with Crippen LogP contribution in [0.25, 0.3) is 11.3 Å². The van der Waals surface area contributed by atoms with E-state index in [1.165, 1.54) is 23.4 Å². The highest BCUT2D eigenvalue weighted by molar-refractivity contribution is 8.00. The van der Waals surface area contributed by atoms with Gasteiger partial charge in [-0.3, -0.25) is 5.10 Å². The molecule has 1 aliphatic heterocycles. The minimum absolute atomic E-state index is 0.614. The average molecular weight is 259 g/mol. The van der Waals surface area contributed by atoms with Gasteiger partial charge in [0.15, 0.2) is 0 Å². The Hall–Kier alpha value is -1.42. The molecule has 1 aromatic heterocycles. The lowest BCUT2D eigenvalue weighted by molar-refractivity contribution is 0.747. The van der Waals surface area contributed by atoms with Crippen LogP contribution in [0.15, 0.2) is 36.5 Å². The molecule has 3 rings (SSSR count). The first-order chi connectivity index (χ1) is 8.81. The lowest BCUT2D eigenvalue weighted by Crippen LogP contribution is -2.18. The monoisotopic (exact) mass is 259 g/mol. The number of rotatable bonds is 3. The minimum Gasteiger partial charge on any atom is -0.381 e. The minimum atomic E-state index is 0.614. The molecular formula is C14H17N3S. The Bertz CT molecular complexity index is 492. The average Bonchev–Trinajstić information content (AvgIpc) is 3.02. The second kappa shape index (κ2) is 5.06. The van der Waals surface area contributed by atoms with E-state index in [0.717, 1.165) is 10.9 Å². The molecule has 2 N–H and O–H groups in total. The van der Waals surface area contributed by atoms with Crippen molar-refractivity contribution in [1.82, 2.24) is 10.2 Å². The molecule has 0 saturated carbocycles. The van der Waals surface area contributed by atoms with Crippen LogP contribution in [0, 0.1) is 0 Å². The van der Waals surface area contributed by atoms with Gasteiger partial charge >= 0.3 is 0 Å². The van der Waals surface area contributed by atoms with E-state index >= 15 is 0 Å². The molecule has 2 aromatic rings. The molecule has 2 heterocycles. The van der Waals surface area contributed by atoms with Crippen LogP contribution in [0.2, 0.25) is 0 Å². The fourth-order valence-electron chi connectivity index (χ4n) is 2.32. The van der Waals surface area contributed by atoms with Gasteiger partial charge in [-0.25, -0.2) is 0 Å². The predicted molar refractivity (Wildman–Crippen MR) is 78.0 cm³/mol. The first-order valence-electron chi connectivity index (χ1n) is 6.29. The van der Waals surface area contributed by atoms with Crippen LogP contribution in [-0.2, 0) is 0 Å². The third-order valence-electron chi connectivity index (χ3n) is 3.27. The zero-order chi connectivity index (χ0) is 12.4. The summed E-state index contributed by atoms with van der Waals surface area (Å²) in [4.78, 5) is 0. The van der Waals surface area contributed by atoms with E-state index in [2.05, 4.69) is 46.7 Å². The molecule has 4 heteroatoms. The number of nitrogens with one attached hydrogen (secondary N) is 2. The highest BCUT2D eigenvalue weighted by Crippen LogP contribution is 2.28. The quantitative estimate of drug-likeness (QED) is 0.887. The van der Waals surface area contributed by atoms with Gasteiger partial charge < -0.3 is 5.32 Å². The van der Waals surface area contributed by atoms with Crippen LogP contribution in [-0.4, -0.2) is 27.2 Å². The molecular weight excluding hydrogens is 242 g/mol. The fourth-order valence-corrected chi connectivity index (χ4v) is 3.46. The normalized spacial score (nSPS) is 23.2. The summed E-state index contributed by atoms with van der Waals surface area (Å²) in [5.41, 5.74) is 3.44. The molecule has 1 aliphatic rings. The molecule has 0 bridgehead atoms. The van der Waals surface area contributed by atoms with Crippen LogP contribution < -0.4 is 5.32 Å². The third-order valence-corrected chi connectivity index (χ3v) is 4.62. The molecule has 2 unspecified atom stereocenters. The number of H-pyrrole nitrogens is 1. The molecule has 1 saturated heterocycles. The molecule has 1 aromatic carbocycles. The summed E-state index contributed by atoms with van der Waals surface area (Å²) in [6.07, 6.45) is 3.03. The standard InChI is InChI=1S/C14H17N3S/c1-10-8-13(9-18-10)16-12-4-2-11(3-5-12)14-6-7-15-17-14/h2-7,10,13,16H,8-9H2,1H3,(H,15,17). The summed E-state index contributed by atoms with van der Waals surface area (Å²) >= 11 is 2.05. The van der Waals surface area contributed by atoms with Gasteiger partial charge in [-0.1, -0.05) is 19.1 Å². The van der Waals surface area contributed by atoms with Crippen LogP contribution in [0.3, 0.4) is 0 Å². The lowest BCUT2D eigenvalue weighted by atomic mass is 10.1. The van der Waals surface area contributed by atoms with E-state index in [-0.39, 0.29) is 0 Å². The Kier molecular flexibility index (Phi) is 3.28. The molecule has 2 atom stereocenters. The topological polar surface area (TPSA) is 40.7 Å². The second-order valence-electron chi connectivity index (χ2n) is 4.77. The van der Waals surface area contributed by atoms with Crippen molar-refractivity contribution < 1.29 is 0 Å². The highest BCUT2D eigenvalue weighted by atomic mass is 32.2. The fraction of sp³-hybridized carbons (Fsp3) is 0.357. The number of aromatic nitrogens is 2. The van der Waals surface area contributed by atoms with E-state index in [9.17, 15) is 0 Å². The van der Waals surface area contributed by atoms with Crippen LogP contribution in [0.4, 0.5) is 5.69 Å². The van der Waals surface area contributed by atoms with Crippen molar-refractivity contribution in [1.29, 1.82) is 0 Å². The van der Waals surface area contributed by atoms with E-state index in [1.807, 2.05) is 17.8 Å². The van der Waals surface area contributed by atoms with Crippen molar-refractivity contribution in [2.45, 2.75) is 24.6 Å². The molecule has 1 fully saturated rings. The molecule has 0 spiro atoms. The van der Waals surface area contributed by atoms with Gasteiger partial charge in [0.25, 0.3) is 0 Å². The molecule has 0 amide bonds. The number of nitrogens with zero attached hydrogens (tertiary/aromatic N) is 1. The van der Waals surface area contributed by atoms with Crippen molar-refractivity contribution in [3.05, 3.63) is 36.5 Å². The predicted octanol–water partition coefficient (Wildman–Crippen LogP) is 3.38. The summed E-state index contributed by atoms with van der Waals surface area (Å²) in [7, 11) is 0. The maximum Gasteiger partial charge on any atom is 0.0650 e. The second-order valence-corrected chi connectivity index (χ2v) is 6.24. The maximum atomic E-state index is 3.97. The number of anilines is 1. The molecule has 0 radical (unpaired) electrons. The van der Waals surface area contributed by atoms with Crippen molar-refractivity contribution >= 4 is 17.4 Å². The van der Waals surface area contributed by atoms with Gasteiger partial charge in [-0.15, -0.1) is 0 Å². The van der Waals surface area contributed by atoms with E-state index < -0.39 is 0 Å². The number of hydrogen-bond donors (Lipinski definition) is 2. The number of thioether (sulfide) groups is 1. The summed E-state index contributed by atoms with van der Waals surface area (Å²) < 4.78 is 0. The number of benzene rings is 1. The van der Waals surface area contributed by atoms with E-state index in [4.69, 9.17) is 0 Å². The Morgan fingerprint density at radius 1 is 1.28 bits per heavy atom.